The number of aliphatic carboxylic acids is 1. The van der Waals surface area contributed by atoms with E-state index in [0.29, 0.717) is 6.21 Å². The molecule has 2 rings (SSSR count). The second-order valence-electron chi connectivity index (χ2n) is 3.70. The molecule has 10 heteroatoms. The van der Waals surface area contributed by atoms with E-state index in [1.54, 1.807) is 0 Å². The van der Waals surface area contributed by atoms with Crippen LogP contribution in [0.1, 0.15) is 0 Å². The van der Waals surface area contributed by atoms with E-state index in [1.807, 2.05) is 0 Å². The maximum Gasteiger partial charge on any atom is 0.348 e. The van der Waals surface area contributed by atoms with Gasteiger partial charge in [-0.15, -0.1) is 0 Å². The van der Waals surface area contributed by atoms with E-state index < -0.39 is 17.2 Å². The Morgan fingerprint density at radius 1 is 1.42 bits per heavy atom. The highest BCUT2D eigenvalue weighted by atomic mass is 16.4. The minimum atomic E-state index is -1.23. The lowest BCUT2D eigenvalue weighted by molar-refractivity contribution is -0.128. The molecule has 0 aliphatic carbocycles. The summed E-state index contributed by atoms with van der Waals surface area (Å²) in [4.78, 5) is 40.3. The van der Waals surface area contributed by atoms with Gasteiger partial charge in [-0.2, -0.15) is 10.1 Å². The summed E-state index contributed by atoms with van der Waals surface area (Å²) < 4.78 is 2.13. The van der Waals surface area contributed by atoms with E-state index in [2.05, 4.69) is 20.5 Å². The van der Waals surface area contributed by atoms with Crippen molar-refractivity contribution in [2.24, 2.45) is 19.2 Å². The first-order chi connectivity index (χ1) is 8.91. The van der Waals surface area contributed by atoms with Crippen LogP contribution in [0, 0.1) is 0 Å². The average molecular weight is 266 g/mol. The Bertz CT molecular complexity index is 795. The Morgan fingerprint density at radius 3 is 2.74 bits per heavy atom. The zero-order valence-corrected chi connectivity index (χ0v) is 10.0. The van der Waals surface area contributed by atoms with E-state index in [1.165, 1.54) is 18.7 Å². The lowest BCUT2D eigenvalue weighted by Gasteiger charge is -2.00. The number of nitrogens with one attached hydrogen (secondary N) is 2. The summed E-state index contributed by atoms with van der Waals surface area (Å²) in [6, 6.07) is 0. The average Bonchev–Trinajstić information content (AvgIpc) is 2.77. The molecule has 0 aliphatic rings. The van der Waals surface area contributed by atoms with Gasteiger partial charge in [-0.3, -0.25) is 13.9 Å². The van der Waals surface area contributed by atoms with E-state index in [4.69, 9.17) is 5.11 Å². The van der Waals surface area contributed by atoms with Crippen molar-refractivity contribution in [3.8, 4) is 0 Å². The second kappa shape index (κ2) is 4.40. The minimum absolute atomic E-state index is 0.0609. The maximum atomic E-state index is 11.8. The molecule has 0 saturated carbocycles. The van der Waals surface area contributed by atoms with Gasteiger partial charge in [0.15, 0.2) is 11.2 Å². The summed E-state index contributed by atoms with van der Waals surface area (Å²) in [5.74, 6) is -1.17. The lowest BCUT2D eigenvalue weighted by Crippen LogP contribution is -2.36. The van der Waals surface area contributed by atoms with Crippen molar-refractivity contribution in [2.45, 2.75) is 0 Å². The zero-order chi connectivity index (χ0) is 14.2. The van der Waals surface area contributed by atoms with Crippen LogP contribution in [0.15, 0.2) is 14.7 Å². The van der Waals surface area contributed by atoms with Crippen molar-refractivity contribution in [3.05, 3.63) is 20.8 Å². The van der Waals surface area contributed by atoms with Crippen LogP contribution in [-0.4, -0.2) is 36.4 Å². The Hall–Kier alpha value is -2.91. The van der Waals surface area contributed by atoms with Crippen LogP contribution in [-0.2, 0) is 18.9 Å². The third kappa shape index (κ3) is 2.10. The number of aromatic amines is 1. The number of aromatic nitrogens is 4. The van der Waals surface area contributed by atoms with E-state index in [-0.39, 0.29) is 17.1 Å². The fourth-order valence-corrected chi connectivity index (χ4v) is 1.53. The molecule has 0 amide bonds. The number of imidazole rings is 1. The summed E-state index contributed by atoms with van der Waals surface area (Å²) >= 11 is 0. The number of hydrogen-bond acceptors (Lipinski definition) is 6. The molecule has 0 saturated heterocycles. The molecule has 0 aliphatic heterocycles. The summed E-state index contributed by atoms with van der Waals surface area (Å²) in [7, 11) is 2.82. The first-order valence-corrected chi connectivity index (χ1v) is 5.09. The molecule has 10 nitrogen and oxygen atoms in total. The number of nitrogens with zero attached hydrogens (tertiary/aromatic N) is 4. The normalized spacial score (nSPS) is 11.3. The molecule has 0 fully saturated rings. The molecule has 0 aromatic carbocycles. The largest absolute Gasteiger partial charge is 0.477 e. The van der Waals surface area contributed by atoms with E-state index in [0.717, 1.165) is 4.57 Å². The van der Waals surface area contributed by atoms with Crippen LogP contribution in [0.2, 0.25) is 0 Å². The standard InChI is InChI=1S/C9H10N6O4/c1-14-6-5(7(18)15(2)9(14)19)11-8(12-6)13-10-3-4(16)17/h3H,1-2H3,(H,16,17)(H2,11,12,13)/b10-3+. The van der Waals surface area contributed by atoms with Gasteiger partial charge in [0, 0.05) is 14.1 Å². The topological polar surface area (TPSA) is 134 Å². The first-order valence-electron chi connectivity index (χ1n) is 5.09. The van der Waals surface area contributed by atoms with E-state index >= 15 is 0 Å². The van der Waals surface area contributed by atoms with Gasteiger partial charge in [0.2, 0.25) is 5.95 Å². The highest BCUT2D eigenvalue weighted by molar-refractivity contribution is 6.22. The number of aryl methyl sites for hydroxylation is 1. The number of carboxylic acids is 1. The highest BCUT2D eigenvalue weighted by Crippen LogP contribution is 2.07. The van der Waals surface area contributed by atoms with Crippen LogP contribution >= 0.6 is 0 Å². The van der Waals surface area contributed by atoms with E-state index in [9.17, 15) is 14.4 Å². The molecular formula is C9H10N6O4. The van der Waals surface area contributed by atoms with Gasteiger partial charge >= 0.3 is 11.7 Å². The van der Waals surface area contributed by atoms with Gasteiger partial charge in [-0.25, -0.2) is 15.0 Å². The summed E-state index contributed by atoms with van der Waals surface area (Å²) in [6.45, 7) is 0. The summed E-state index contributed by atoms with van der Waals surface area (Å²) in [5.41, 5.74) is 1.56. The number of hydrazone groups is 1. The predicted octanol–water partition coefficient (Wildman–Crippen LogP) is -1.56. The minimum Gasteiger partial charge on any atom is -0.477 e. The van der Waals surface area contributed by atoms with Crippen molar-refractivity contribution >= 4 is 29.3 Å². The highest BCUT2D eigenvalue weighted by Gasteiger charge is 2.12. The Morgan fingerprint density at radius 2 is 2.11 bits per heavy atom. The third-order valence-electron chi connectivity index (χ3n) is 2.44. The van der Waals surface area contributed by atoms with Gasteiger partial charge in [0.1, 0.15) is 6.21 Å². The molecule has 0 unspecified atom stereocenters. The van der Waals surface area contributed by atoms with Gasteiger partial charge in [0.25, 0.3) is 5.56 Å². The molecule has 2 aromatic heterocycles. The van der Waals surface area contributed by atoms with Gasteiger partial charge < -0.3 is 10.1 Å². The Balaban J connectivity index is 2.55. The van der Waals surface area contributed by atoms with Gasteiger partial charge in [-0.1, -0.05) is 0 Å². The summed E-state index contributed by atoms with van der Waals surface area (Å²) in [6.07, 6.45) is 0.629. The second-order valence-corrected chi connectivity index (χ2v) is 3.70. The fraction of sp³-hybridized carbons (Fsp3) is 0.222. The number of H-pyrrole nitrogens is 1. The zero-order valence-electron chi connectivity index (χ0n) is 10.0. The van der Waals surface area contributed by atoms with Gasteiger partial charge in [0.05, 0.1) is 0 Å². The first kappa shape index (κ1) is 12.5. The van der Waals surface area contributed by atoms with Crippen LogP contribution in [0.4, 0.5) is 5.95 Å². The number of hydrogen-bond donors (Lipinski definition) is 3. The molecule has 100 valence electrons. The molecule has 3 N–H and O–H groups in total. The van der Waals surface area contributed by atoms with Crippen LogP contribution < -0.4 is 16.7 Å². The molecule has 19 heavy (non-hydrogen) atoms. The van der Waals surface area contributed by atoms with Crippen LogP contribution in [0.25, 0.3) is 11.2 Å². The van der Waals surface area contributed by atoms with Crippen molar-refractivity contribution in [1.82, 2.24) is 19.1 Å². The third-order valence-corrected chi connectivity index (χ3v) is 2.44. The lowest BCUT2D eigenvalue weighted by atomic mass is 10.5. The monoisotopic (exact) mass is 266 g/mol. The summed E-state index contributed by atoms with van der Waals surface area (Å²) in [5, 5.41) is 11.7. The molecule has 2 heterocycles. The Labute approximate surface area is 105 Å². The van der Waals surface area contributed by atoms with Gasteiger partial charge in [-0.05, 0) is 0 Å². The van der Waals surface area contributed by atoms with Crippen molar-refractivity contribution < 1.29 is 9.90 Å². The molecule has 0 spiro atoms. The smallest absolute Gasteiger partial charge is 0.348 e. The number of carboxylic acid groups (broad SMARTS) is 1. The number of rotatable bonds is 3. The van der Waals surface area contributed by atoms with Crippen LogP contribution in [0.3, 0.4) is 0 Å². The SMILES string of the molecule is Cn1c(=O)c2[nH]c(N/N=C/C(=O)O)nc2n(C)c1=O. The van der Waals surface area contributed by atoms with Crippen LogP contribution in [0.5, 0.6) is 0 Å². The molecular weight excluding hydrogens is 256 g/mol. The van der Waals surface area contributed by atoms with Crippen molar-refractivity contribution in [1.29, 1.82) is 0 Å². The number of anilines is 1. The van der Waals surface area contributed by atoms with Crippen molar-refractivity contribution in [3.63, 3.8) is 0 Å². The predicted molar refractivity (Wildman–Crippen MR) is 66.3 cm³/mol. The number of carbonyl (C=O) groups is 1. The molecule has 2 aromatic rings. The maximum absolute atomic E-state index is 11.8. The van der Waals surface area contributed by atoms with Crippen molar-refractivity contribution in [2.75, 3.05) is 5.43 Å². The molecule has 0 radical (unpaired) electrons. The Kier molecular flexibility index (Phi) is 2.91. The quantitative estimate of drug-likeness (QED) is 0.454. The number of fused-ring (bicyclic) bond motifs is 1. The molecule has 0 atom stereocenters. The fourth-order valence-electron chi connectivity index (χ4n) is 1.53. The molecule has 0 bridgehead atoms.